The van der Waals surface area contributed by atoms with Crippen LogP contribution in [0, 0.1) is 0 Å². The van der Waals surface area contributed by atoms with E-state index in [-0.39, 0.29) is 0 Å². The standard InChI is InChI=1S/C14H17N3O2/c1-15-8-11-9-17(2)16-14(11)10-3-4-12-13(7-10)19-6-5-18-12/h3-4,7,9,15H,5-6,8H2,1-2H3. The van der Waals surface area contributed by atoms with E-state index in [1.54, 1.807) is 0 Å². The SMILES string of the molecule is CNCc1cn(C)nc1-c1ccc2c(c1)OCCO2. The van der Waals surface area contributed by atoms with Crippen molar-refractivity contribution in [3.05, 3.63) is 30.0 Å². The van der Waals surface area contributed by atoms with E-state index in [9.17, 15) is 0 Å². The van der Waals surface area contributed by atoms with Crippen LogP contribution in [0.1, 0.15) is 5.56 Å². The molecule has 1 N–H and O–H groups in total. The van der Waals surface area contributed by atoms with Gasteiger partial charge in [0.1, 0.15) is 13.2 Å². The number of rotatable bonds is 3. The molecular formula is C14H17N3O2. The van der Waals surface area contributed by atoms with Crippen molar-refractivity contribution in [1.29, 1.82) is 0 Å². The zero-order valence-electron chi connectivity index (χ0n) is 11.1. The van der Waals surface area contributed by atoms with Crippen molar-refractivity contribution in [3.63, 3.8) is 0 Å². The third kappa shape index (κ3) is 2.29. The number of nitrogens with one attached hydrogen (secondary N) is 1. The van der Waals surface area contributed by atoms with Crippen molar-refractivity contribution < 1.29 is 9.47 Å². The quantitative estimate of drug-likeness (QED) is 0.909. The minimum absolute atomic E-state index is 0.599. The third-order valence-corrected chi connectivity index (χ3v) is 3.09. The maximum Gasteiger partial charge on any atom is 0.162 e. The van der Waals surface area contributed by atoms with Crippen LogP contribution in [-0.2, 0) is 13.6 Å². The highest BCUT2D eigenvalue weighted by Gasteiger charge is 2.15. The molecule has 0 bridgehead atoms. The maximum atomic E-state index is 5.62. The molecule has 0 saturated carbocycles. The molecule has 0 radical (unpaired) electrons. The summed E-state index contributed by atoms with van der Waals surface area (Å²) in [6, 6.07) is 5.96. The first-order valence-electron chi connectivity index (χ1n) is 6.35. The first-order chi connectivity index (χ1) is 9.28. The molecule has 2 heterocycles. The number of fused-ring (bicyclic) bond motifs is 1. The number of benzene rings is 1. The highest BCUT2D eigenvalue weighted by atomic mass is 16.6. The van der Waals surface area contributed by atoms with Crippen LogP contribution in [0.4, 0.5) is 0 Å². The zero-order valence-corrected chi connectivity index (χ0v) is 11.1. The van der Waals surface area contributed by atoms with Gasteiger partial charge < -0.3 is 14.8 Å². The largest absolute Gasteiger partial charge is 0.486 e. The smallest absolute Gasteiger partial charge is 0.162 e. The topological polar surface area (TPSA) is 48.3 Å². The summed E-state index contributed by atoms with van der Waals surface area (Å²) in [4.78, 5) is 0. The lowest BCUT2D eigenvalue weighted by Gasteiger charge is -2.18. The number of hydrogen-bond donors (Lipinski definition) is 1. The Kier molecular flexibility index (Phi) is 3.13. The lowest BCUT2D eigenvalue weighted by atomic mass is 10.1. The third-order valence-electron chi connectivity index (χ3n) is 3.09. The summed E-state index contributed by atoms with van der Waals surface area (Å²) >= 11 is 0. The number of aryl methyl sites for hydroxylation is 1. The van der Waals surface area contributed by atoms with Gasteiger partial charge in [0.25, 0.3) is 0 Å². The van der Waals surface area contributed by atoms with E-state index in [2.05, 4.69) is 10.4 Å². The Morgan fingerprint density at radius 2 is 2.05 bits per heavy atom. The van der Waals surface area contributed by atoms with Gasteiger partial charge in [0.05, 0.1) is 5.69 Å². The summed E-state index contributed by atoms with van der Waals surface area (Å²) in [5.74, 6) is 1.60. The molecule has 1 aromatic heterocycles. The predicted octanol–water partition coefficient (Wildman–Crippen LogP) is 1.58. The monoisotopic (exact) mass is 259 g/mol. The van der Waals surface area contributed by atoms with Crippen molar-refractivity contribution in [2.45, 2.75) is 6.54 Å². The van der Waals surface area contributed by atoms with Crippen LogP contribution in [0.5, 0.6) is 11.5 Å². The minimum atomic E-state index is 0.599. The molecule has 0 amide bonds. The molecule has 0 fully saturated rings. The molecule has 3 rings (SSSR count). The molecule has 0 atom stereocenters. The maximum absolute atomic E-state index is 5.62. The van der Waals surface area contributed by atoms with E-state index >= 15 is 0 Å². The fraction of sp³-hybridized carbons (Fsp3) is 0.357. The molecule has 0 spiro atoms. The Morgan fingerprint density at radius 1 is 1.26 bits per heavy atom. The van der Waals surface area contributed by atoms with Crippen molar-refractivity contribution in [1.82, 2.24) is 15.1 Å². The Balaban J connectivity index is 2.01. The minimum Gasteiger partial charge on any atom is -0.486 e. The second-order valence-corrected chi connectivity index (χ2v) is 4.57. The van der Waals surface area contributed by atoms with Gasteiger partial charge in [-0.3, -0.25) is 4.68 Å². The van der Waals surface area contributed by atoms with Crippen LogP contribution in [0.25, 0.3) is 11.3 Å². The Labute approximate surface area is 112 Å². The van der Waals surface area contributed by atoms with Crippen molar-refractivity contribution in [3.8, 4) is 22.8 Å². The van der Waals surface area contributed by atoms with Gasteiger partial charge >= 0.3 is 0 Å². The molecule has 0 saturated heterocycles. The lowest BCUT2D eigenvalue weighted by molar-refractivity contribution is 0.171. The Morgan fingerprint density at radius 3 is 2.84 bits per heavy atom. The van der Waals surface area contributed by atoms with Crippen molar-refractivity contribution in [2.75, 3.05) is 20.3 Å². The molecule has 1 aliphatic rings. The molecule has 5 heteroatoms. The van der Waals surface area contributed by atoms with Crippen LogP contribution in [0.3, 0.4) is 0 Å². The Hall–Kier alpha value is -2.01. The van der Waals surface area contributed by atoms with Crippen molar-refractivity contribution >= 4 is 0 Å². The zero-order chi connectivity index (χ0) is 13.2. The molecule has 5 nitrogen and oxygen atoms in total. The van der Waals surface area contributed by atoms with Gasteiger partial charge in [-0.15, -0.1) is 0 Å². The van der Waals surface area contributed by atoms with E-state index in [1.807, 2.05) is 43.2 Å². The number of nitrogens with zero attached hydrogens (tertiary/aromatic N) is 2. The van der Waals surface area contributed by atoms with Crippen LogP contribution in [-0.4, -0.2) is 30.0 Å². The molecular weight excluding hydrogens is 242 g/mol. The second kappa shape index (κ2) is 4.93. The van der Waals surface area contributed by atoms with Gasteiger partial charge in [-0.1, -0.05) is 0 Å². The summed E-state index contributed by atoms with van der Waals surface area (Å²) in [6.45, 7) is 2.00. The molecule has 100 valence electrons. The number of aromatic nitrogens is 2. The summed E-state index contributed by atoms with van der Waals surface area (Å²) < 4.78 is 13.0. The van der Waals surface area contributed by atoms with E-state index in [0.717, 1.165) is 29.3 Å². The average Bonchev–Trinajstić information content (AvgIpc) is 2.80. The van der Waals surface area contributed by atoms with Crippen molar-refractivity contribution in [2.24, 2.45) is 7.05 Å². The van der Waals surface area contributed by atoms with Gasteiger partial charge in [0.15, 0.2) is 11.5 Å². The summed E-state index contributed by atoms with van der Waals surface area (Å²) in [5.41, 5.74) is 3.20. The van der Waals surface area contributed by atoms with Gasteiger partial charge in [0, 0.05) is 30.9 Å². The number of ether oxygens (including phenoxy) is 2. The summed E-state index contributed by atoms with van der Waals surface area (Å²) in [6.07, 6.45) is 2.03. The molecule has 0 aliphatic carbocycles. The summed E-state index contributed by atoms with van der Waals surface area (Å²) in [5, 5.41) is 7.69. The fourth-order valence-electron chi connectivity index (χ4n) is 2.29. The van der Waals surface area contributed by atoms with Gasteiger partial charge in [-0.2, -0.15) is 5.10 Å². The first kappa shape index (κ1) is 12.0. The first-order valence-corrected chi connectivity index (χ1v) is 6.35. The average molecular weight is 259 g/mol. The predicted molar refractivity (Wildman–Crippen MR) is 72.4 cm³/mol. The number of hydrogen-bond acceptors (Lipinski definition) is 4. The summed E-state index contributed by atoms with van der Waals surface area (Å²) in [7, 11) is 3.86. The highest BCUT2D eigenvalue weighted by Crippen LogP contribution is 2.34. The van der Waals surface area contributed by atoms with Crippen LogP contribution < -0.4 is 14.8 Å². The van der Waals surface area contributed by atoms with Crippen LogP contribution >= 0.6 is 0 Å². The highest BCUT2D eigenvalue weighted by molar-refractivity contribution is 5.66. The van der Waals surface area contributed by atoms with E-state index in [1.165, 1.54) is 5.56 Å². The van der Waals surface area contributed by atoms with E-state index < -0.39 is 0 Å². The molecule has 19 heavy (non-hydrogen) atoms. The van der Waals surface area contributed by atoms with Gasteiger partial charge in [-0.05, 0) is 25.2 Å². The van der Waals surface area contributed by atoms with Gasteiger partial charge in [-0.25, -0.2) is 0 Å². The Bertz CT molecular complexity index is 592. The molecule has 1 aliphatic heterocycles. The second-order valence-electron chi connectivity index (χ2n) is 4.57. The molecule has 2 aromatic rings. The molecule has 0 unspecified atom stereocenters. The van der Waals surface area contributed by atoms with E-state index in [0.29, 0.717) is 13.2 Å². The van der Waals surface area contributed by atoms with E-state index in [4.69, 9.17) is 9.47 Å². The lowest BCUT2D eigenvalue weighted by Crippen LogP contribution is -2.15. The normalized spacial score (nSPS) is 13.6. The van der Waals surface area contributed by atoms with Gasteiger partial charge in [0.2, 0.25) is 0 Å². The fourth-order valence-corrected chi connectivity index (χ4v) is 2.29. The van der Waals surface area contributed by atoms with Crippen LogP contribution in [0.15, 0.2) is 24.4 Å². The molecule has 1 aromatic carbocycles. The van der Waals surface area contributed by atoms with Crippen LogP contribution in [0.2, 0.25) is 0 Å².